The molecule has 4 nitrogen and oxygen atoms in total. The van der Waals surface area contributed by atoms with Crippen LogP contribution in [-0.4, -0.2) is 33.7 Å². The molecule has 0 saturated carbocycles. The second-order valence-electron chi connectivity index (χ2n) is 6.04. The van der Waals surface area contributed by atoms with Crippen molar-refractivity contribution in [2.45, 2.75) is 38.0 Å². The second kappa shape index (κ2) is 7.25. The van der Waals surface area contributed by atoms with Gasteiger partial charge in [0.2, 0.25) is 0 Å². The Morgan fingerprint density at radius 1 is 1.35 bits per heavy atom. The summed E-state index contributed by atoms with van der Waals surface area (Å²) in [6.07, 6.45) is 2.53. The van der Waals surface area contributed by atoms with Gasteiger partial charge in [-0.1, -0.05) is 18.2 Å². The highest BCUT2D eigenvalue weighted by Crippen LogP contribution is 2.30. The number of rotatable bonds is 6. The minimum Gasteiger partial charge on any atom is -0.478 e. The maximum Gasteiger partial charge on any atom is 0.335 e. The van der Waals surface area contributed by atoms with Gasteiger partial charge in [0, 0.05) is 17.5 Å². The predicted octanol–water partition coefficient (Wildman–Crippen LogP) is 3.53. The summed E-state index contributed by atoms with van der Waals surface area (Å²) >= 11 is 1.59. The maximum absolute atomic E-state index is 11.1. The minimum atomic E-state index is -0.891. The fraction of sp³-hybridized carbons (Fsp3) is 0.389. The first-order valence-electron chi connectivity index (χ1n) is 7.91. The van der Waals surface area contributed by atoms with Crippen LogP contribution in [0.25, 0.3) is 0 Å². The standard InChI is InChI=1S/C18H21NO3S/c20-16(17-7-3-9-23-17)11-15-6-2-8-19(15)12-13-4-1-5-14(10-13)18(21)22/h1,3-5,7,9-10,15-16,20H,2,6,8,11-12H2,(H,21,22). The third-order valence-corrected chi connectivity index (χ3v) is 5.40. The Morgan fingerprint density at radius 3 is 2.96 bits per heavy atom. The molecule has 23 heavy (non-hydrogen) atoms. The van der Waals surface area contributed by atoms with E-state index in [-0.39, 0.29) is 0 Å². The van der Waals surface area contributed by atoms with Crippen LogP contribution in [0.2, 0.25) is 0 Å². The fourth-order valence-electron chi connectivity index (χ4n) is 3.26. The van der Waals surface area contributed by atoms with E-state index in [1.807, 2.05) is 23.6 Å². The first kappa shape index (κ1) is 16.2. The van der Waals surface area contributed by atoms with Crippen LogP contribution in [0.5, 0.6) is 0 Å². The number of benzene rings is 1. The highest BCUT2D eigenvalue weighted by Gasteiger charge is 2.27. The van der Waals surface area contributed by atoms with Gasteiger partial charge in [-0.05, 0) is 54.9 Å². The zero-order valence-corrected chi connectivity index (χ0v) is 13.7. The number of hydrogen-bond donors (Lipinski definition) is 2. The summed E-state index contributed by atoms with van der Waals surface area (Å²) in [6.45, 7) is 1.74. The third-order valence-electron chi connectivity index (χ3n) is 4.43. The van der Waals surface area contributed by atoms with Gasteiger partial charge < -0.3 is 10.2 Å². The molecule has 1 aromatic heterocycles. The lowest BCUT2D eigenvalue weighted by Crippen LogP contribution is -2.30. The van der Waals surface area contributed by atoms with E-state index in [1.165, 1.54) is 0 Å². The highest BCUT2D eigenvalue weighted by molar-refractivity contribution is 7.10. The molecular weight excluding hydrogens is 310 g/mol. The van der Waals surface area contributed by atoms with Crippen molar-refractivity contribution in [1.82, 2.24) is 4.90 Å². The summed E-state index contributed by atoms with van der Waals surface area (Å²) in [4.78, 5) is 14.5. The zero-order chi connectivity index (χ0) is 16.2. The van der Waals surface area contributed by atoms with Crippen LogP contribution in [-0.2, 0) is 6.54 Å². The summed E-state index contributed by atoms with van der Waals surface area (Å²) in [5, 5.41) is 21.5. The molecule has 1 saturated heterocycles. The van der Waals surface area contributed by atoms with Crippen molar-refractivity contribution >= 4 is 17.3 Å². The average molecular weight is 331 g/mol. The first-order chi connectivity index (χ1) is 11.1. The lowest BCUT2D eigenvalue weighted by atomic mass is 10.0. The summed E-state index contributed by atoms with van der Waals surface area (Å²) in [5.41, 5.74) is 1.35. The van der Waals surface area contributed by atoms with E-state index in [0.29, 0.717) is 11.6 Å². The fourth-order valence-corrected chi connectivity index (χ4v) is 3.99. The number of carboxylic acid groups (broad SMARTS) is 1. The lowest BCUT2D eigenvalue weighted by Gasteiger charge is -2.26. The van der Waals surface area contributed by atoms with Crippen LogP contribution in [0, 0.1) is 0 Å². The molecule has 0 radical (unpaired) electrons. The van der Waals surface area contributed by atoms with Crippen molar-refractivity contribution in [3.05, 3.63) is 57.8 Å². The van der Waals surface area contributed by atoms with Gasteiger partial charge in [-0.2, -0.15) is 0 Å². The lowest BCUT2D eigenvalue weighted by molar-refractivity contribution is 0.0696. The van der Waals surface area contributed by atoms with Crippen molar-refractivity contribution in [3.8, 4) is 0 Å². The van der Waals surface area contributed by atoms with E-state index in [1.54, 1.807) is 29.5 Å². The van der Waals surface area contributed by atoms with Crippen LogP contribution in [0.4, 0.5) is 0 Å². The monoisotopic (exact) mass is 331 g/mol. The molecule has 2 unspecified atom stereocenters. The number of carbonyl (C=O) groups is 1. The number of aromatic carboxylic acids is 1. The normalized spacial score (nSPS) is 19.8. The molecular formula is C18H21NO3S. The molecule has 2 heterocycles. The summed E-state index contributed by atoms with van der Waals surface area (Å²) in [6, 6.07) is 11.4. The number of carboxylic acids is 1. The molecule has 1 aromatic carbocycles. The second-order valence-corrected chi connectivity index (χ2v) is 7.02. The topological polar surface area (TPSA) is 60.8 Å². The predicted molar refractivity (Wildman–Crippen MR) is 90.7 cm³/mol. The van der Waals surface area contributed by atoms with Crippen molar-refractivity contribution < 1.29 is 15.0 Å². The molecule has 0 amide bonds. The smallest absolute Gasteiger partial charge is 0.335 e. The Hall–Kier alpha value is -1.69. The van der Waals surface area contributed by atoms with Gasteiger partial charge in [-0.15, -0.1) is 11.3 Å². The molecule has 2 aromatic rings. The Bertz CT molecular complexity index is 656. The first-order valence-corrected chi connectivity index (χ1v) is 8.79. The van der Waals surface area contributed by atoms with E-state index < -0.39 is 12.1 Å². The number of likely N-dealkylation sites (tertiary alicyclic amines) is 1. The van der Waals surface area contributed by atoms with Crippen molar-refractivity contribution in [2.24, 2.45) is 0 Å². The van der Waals surface area contributed by atoms with Crippen LogP contribution >= 0.6 is 11.3 Å². The van der Waals surface area contributed by atoms with Crippen molar-refractivity contribution in [1.29, 1.82) is 0 Å². The molecule has 1 aliphatic rings. The van der Waals surface area contributed by atoms with Gasteiger partial charge in [-0.3, -0.25) is 4.90 Å². The molecule has 0 spiro atoms. The zero-order valence-electron chi connectivity index (χ0n) is 12.9. The molecule has 5 heteroatoms. The quantitative estimate of drug-likeness (QED) is 0.850. The van der Waals surface area contributed by atoms with E-state index >= 15 is 0 Å². The van der Waals surface area contributed by atoms with Gasteiger partial charge >= 0.3 is 5.97 Å². The summed E-state index contributed by atoms with van der Waals surface area (Å²) in [7, 11) is 0. The molecule has 0 bridgehead atoms. The number of nitrogens with zero attached hydrogens (tertiary/aromatic N) is 1. The SMILES string of the molecule is O=C(O)c1cccc(CN2CCCC2CC(O)c2cccs2)c1. The molecule has 1 fully saturated rings. The Kier molecular flexibility index (Phi) is 5.10. The molecule has 2 atom stereocenters. The molecule has 1 aliphatic heterocycles. The Balaban J connectivity index is 1.65. The van der Waals surface area contributed by atoms with Gasteiger partial charge in [0.05, 0.1) is 11.7 Å². The summed E-state index contributed by atoms with van der Waals surface area (Å²) in [5.74, 6) is -0.891. The number of thiophene rings is 1. The molecule has 2 N–H and O–H groups in total. The van der Waals surface area contributed by atoms with Gasteiger partial charge in [-0.25, -0.2) is 4.79 Å². The van der Waals surface area contributed by atoms with Crippen molar-refractivity contribution in [3.63, 3.8) is 0 Å². The largest absolute Gasteiger partial charge is 0.478 e. The van der Waals surface area contributed by atoms with Crippen LogP contribution in [0.15, 0.2) is 41.8 Å². The van der Waals surface area contributed by atoms with Gasteiger partial charge in [0.15, 0.2) is 0 Å². The van der Waals surface area contributed by atoms with E-state index in [9.17, 15) is 9.90 Å². The van der Waals surface area contributed by atoms with E-state index in [4.69, 9.17) is 5.11 Å². The van der Waals surface area contributed by atoms with Crippen LogP contribution in [0.1, 0.15) is 46.2 Å². The molecule has 3 rings (SSSR count). The number of aliphatic hydroxyl groups excluding tert-OH is 1. The Labute approximate surface area is 140 Å². The average Bonchev–Trinajstić information content (AvgIpc) is 3.20. The third kappa shape index (κ3) is 3.99. The molecule has 0 aliphatic carbocycles. The molecule has 122 valence electrons. The minimum absolute atomic E-state index is 0.330. The van der Waals surface area contributed by atoms with Crippen LogP contribution in [0.3, 0.4) is 0 Å². The Morgan fingerprint density at radius 2 is 2.22 bits per heavy atom. The van der Waals surface area contributed by atoms with E-state index in [2.05, 4.69) is 4.90 Å². The summed E-state index contributed by atoms with van der Waals surface area (Å²) < 4.78 is 0. The maximum atomic E-state index is 11.1. The number of aliphatic hydroxyl groups is 1. The number of hydrogen-bond acceptors (Lipinski definition) is 4. The highest BCUT2D eigenvalue weighted by atomic mass is 32.1. The van der Waals surface area contributed by atoms with Crippen molar-refractivity contribution in [2.75, 3.05) is 6.54 Å². The van der Waals surface area contributed by atoms with Gasteiger partial charge in [0.1, 0.15) is 0 Å². The van der Waals surface area contributed by atoms with Gasteiger partial charge in [0.25, 0.3) is 0 Å². The van der Waals surface area contributed by atoms with Crippen LogP contribution < -0.4 is 0 Å². The van der Waals surface area contributed by atoms with E-state index in [0.717, 1.165) is 42.8 Å².